The normalized spacial score (nSPS) is 16.2. The van der Waals surface area contributed by atoms with Gasteiger partial charge in [0.15, 0.2) is 0 Å². The van der Waals surface area contributed by atoms with Crippen molar-refractivity contribution in [1.29, 1.82) is 0 Å². The Morgan fingerprint density at radius 2 is 0.604 bits per heavy atom. The molecule has 1 aliphatic heterocycles. The molecule has 283 valence electrons. The van der Waals surface area contributed by atoms with Gasteiger partial charge in [0.2, 0.25) is 0 Å². The smallest absolute Gasteiger partial charge is 1.00 e. The van der Waals surface area contributed by atoms with E-state index < -0.39 is 32.3 Å². The molecule has 1 fully saturated rings. The van der Waals surface area contributed by atoms with Crippen LogP contribution in [0.1, 0.15) is 0 Å². The summed E-state index contributed by atoms with van der Waals surface area (Å²) in [5.74, 6) is 0. The first-order valence-electron chi connectivity index (χ1n) is 16.4. The van der Waals surface area contributed by atoms with Crippen molar-refractivity contribution < 1.29 is 152 Å². The maximum absolute atomic E-state index is 5.33. The molecule has 0 amide bonds. The van der Waals surface area contributed by atoms with Crippen LogP contribution in [0.3, 0.4) is 0 Å². The van der Waals surface area contributed by atoms with Gasteiger partial charge in [0.1, 0.15) is 0 Å². The van der Waals surface area contributed by atoms with Gasteiger partial charge in [-0.25, -0.2) is 22.5 Å². The Morgan fingerprint density at radius 1 is 0.417 bits per heavy atom. The molecule has 0 spiro atoms. The second-order valence-electron chi connectivity index (χ2n) is 15.5. The Hall–Kier alpha value is 3.06. The van der Waals surface area contributed by atoms with Gasteiger partial charge in [-0.2, -0.15) is 34.6 Å². The van der Waals surface area contributed by atoms with Crippen LogP contribution in [0.2, 0.25) is 78.6 Å². The quantitative estimate of drug-likeness (QED) is 0.231. The van der Waals surface area contributed by atoms with E-state index in [2.05, 4.69) is 115 Å². The molecular weight excluding hydrogens is 900 g/mol. The SMILES string of the molecule is C1COCCOCCOCCOCCOCCO1.C[Si](C)(C)c1cc[c-]([Si](C)(C)C)c1.C[Si](C)(C)c1cc[c-]([Si](C)(C)C)c1.[Cl-].[Cl-].[K+].[Yb+3]. The zero-order chi connectivity index (χ0) is 33.3. The van der Waals surface area contributed by atoms with Crippen molar-refractivity contribution in [3.05, 3.63) is 36.4 Å². The van der Waals surface area contributed by atoms with Gasteiger partial charge in [0.25, 0.3) is 0 Å². The van der Waals surface area contributed by atoms with E-state index in [4.69, 9.17) is 28.4 Å². The van der Waals surface area contributed by atoms with Gasteiger partial charge in [-0.05, 0) is 0 Å². The van der Waals surface area contributed by atoms with Crippen molar-refractivity contribution in [3.63, 3.8) is 0 Å². The summed E-state index contributed by atoms with van der Waals surface area (Å²) in [7, 11) is -4.28. The summed E-state index contributed by atoms with van der Waals surface area (Å²) in [5, 5.41) is 6.46. The molecule has 14 heteroatoms. The molecule has 2 aromatic carbocycles. The number of halogens is 2. The zero-order valence-corrected chi connectivity index (χ0v) is 42.8. The van der Waals surface area contributed by atoms with Gasteiger partial charge in [0, 0.05) is 32.3 Å². The molecule has 2 aromatic rings. The number of hydrogen-bond donors (Lipinski definition) is 0. The maximum Gasteiger partial charge on any atom is 3.00 e. The summed E-state index contributed by atoms with van der Waals surface area (Å²) in [6, 6.07) is 14.3. The third-order valence-corrected chi connectivity index (χ3v) is 15.4. The maximum atomic E-state index is 5.33. The molecule has 1 saturated heterocycles. The Kier molecular flexibility index (Phi) is 36.5. The zero-order valence-electron chi connectivity index (χ0n) is 32.4. The molecule has 6 nitrogen and oxygen atoms in total. The number of hydrogen-bond acceptors (Lipinski definition) is 6. The van der Waals surface area contributed by atoms with Gasteiger partial charge in [-0.1, -0.05) is 78.6 Å². The first-order valence-corrected chi connectivity index (χ1v) is 30.4. The molecule has 3 rings (SSSR count). The van der Waals surface area contributed by atoms with Crippen molar-refractivity contribution in [3.8, 4) is 0 Å². The van der Waals surface area contributed by atoms with Crippen molar-refractivity contribution in [2.24, 2.45) is 0 Å². The fraction of sp³-hybridized carbons (Fsp3) is 0.706. The summed E-state index contributed by atoms with van der Waals surface area (Å²) in [6.45, 7) is 36.0. The van der Waals surface area contributed by atoms with Crippen molar-refractivity contribution in [2.75, 3.05) is 79.3 Å². The molecule has 1 heterocycles. The fourth-order valence-electron chi connectivity index (χ4n) is 4.07. The van der Waals surface area contributed by atoms with Crippen molar-refractivity contribution in [1.82, 2.24) is 0 Å². The summed E-state index contributed by atoms with van der Waals surface area (Å²) in [5.41, 5.74) is 0. The summed E-state index contributed by atoms with van der Waals surface area (Å²) in [4.78, 5) is 0. The van der Waals surface area contributed by atoms with Crippen LogP contribution in [-0.4, -0.2) is 112 Å². The van der Waals surface area contributed by atoms with E-state index >= 15 is 0 Å². The van der Waals surface area contributed by atoms with E-state index in [9.17, 15) is 0 Å². The van der Waals surface area contributed by atoms with Gasteiger partial charge in [-0.3, -0.25) is 0 Å². The molecule has 1 aliphatic rings. The topological polar surface area (TPSA) is 55.4 Å². The summed E-state index contributed by atoms with van der Waals surface area (Å²) >= 11 is 0. The molecule has 1 radical (unpaired) electrons. The predicted molar refractivity (Wildman–Crippen MR) is 201 cm³/mol. The van der Waals surface area contributed by atoms with E-state index in [-0.39, 0.29) is 123 Å². The number of rotatable bonds is 4. The second-order valence-corrected chi connectivity index (χ2v) is 35.8. The molecule has 0 bridgehead atoms. The van der Waals surface area contributed by atoms with E-state index in [1.165, 1.54) is 0 Å². The van der Waals surface area contributed by atoms with Crippen LogP contribution in [0.4, 0.5) is 0 Å². The van der Waals surface area contributed by atoms with Crippen LogP contribution < -0.4 is 96.9 Å². The molecular formula is C34H66Cl2KO6Si4Yb. The van der Waals surface area contributed by atoms with Crippen LogP contribution in [0.15, 0.2) is 36.4 Å². The van der Waals surface area contributed by atoms with Crippen LogP contribution in [0.25, 0.3) is 0 Å². The largest absolute Gasteiger partial charge is 3.00 e. The second kappa shape index (κ2) is 30.3. The summed E-state index contributed by atoms with van der Waals surface area (Å²) < 4.78 is 32.0. The minimum absolute atomic E-state index is 0. The Labute approximate surface area is 392 Å². The minimum atomic E-state index is -1.07. The van der Waals surface area contributed by atoms with Gasteiger partial charge in [0.05, 0.1) is 79.3 Å². The van der Waals surface area contributed by atoms with Crippen molar-refractivity contribution >= 4 is 53.0 Å². The van der Waals surface area contributed by atoms with Crippen LogP contribution in [0, 0.1) is 46.9 Å². The average molecular weight is 966 g/mol. The third kappa shape index (κ3) is 28.5. The first-order chi connectivity index (χ1) is 20.4. The molecule has 0 N–H and O–H groups in total. The monoisotopic (exact) mass is 965 g/mol. The average Bonchev–Trinajstić information content (AvgIpc) is 3.60. The van der Waals surface area contributed by atoms with Gasteiger partial charge < -0.3 is 53.2 Å². The Balaban J connectivity index is -0.000000295. The van der Waals surface area contributed by atoms with E-state index in [1.54, 1.807) is 20.7 Å². The Bertz CT molecular complexity index is 825. The van der Waals surface area contributed by atoms with Crippen LogP contribution in [-0.2, 0) is 28.4 Å². The van der Waals surface area contributed by atoms with E-state index in [1.807, 2.05) is 0 Å². The molecule has 0 aromatic heterocycles. The van der Waals surface area contributed by atoms with E-state index in [0.29, 0.717) is 79.3 Å². The summed E-state index contributed by atoms with van der Waals surface area (Å²) in [6.07, 6.45) is 0. The molecule has 0 aliphatic carbocycles. The molecule has 0 atom stereocenters. The molecule has 0 unspecified atom stereocenters. The standard InChI is InChI=1S/C12H24O6.2C11H21Si2.2ClH.K.Yb/c1-2-14-5-6-16-9-10-18-12-11-17-8-7-15-4-3-13-1;2*1-12(2,3)10-7-8-11(9-10)13(4,5)6;;;;/h1-12H2;2*7-9H,1-6H3;2*1H;;/q;2*-1;;;+1;+3/p-2. The predicted octanol–water partition coefficient (Wildman–Crippen LogP) is -3.90. The molecule has 0 saturated carbocycles. The third-order valence-electron chi connectivity index (χ3n) is 7.20. The Morgan fingerprint density at radius 3 is 0.708 bits per heavy atom. The first kappa shape index (κ1) is 57.8. The fourth-order valence-corrected chi connectivity index (χ4v) is 9.05. The van der Waals surface area contributed by atoms with Crippen LogP contribution >= 0.6 is 0 Å². The minimum Gasteiger partial charge on any atom is -1.00 e. The van der Waals surface area contributed by atoms with Crippen molar-refractivity contribution in [2.45, 2.75) is 78.6 Å². The van der Waals surface area contributed by atoms with Crippen LogP contribution in [0.5, 0.6) is 0 Å². The van der Waals surface area contributed by atoms with Gasteiger partial charge in [-0.15, -0.1) is 0 Å². The van der Waals surface area contributed by atoms with Gasteiger partial charge >= 0.3 is 98.3 Å². The van der Waals surface area contributed by atoms with E-state index in [0.717, 1.165) is 0 Å². The number of ether oxygens (including phenoxy) is 6. The molecule has 48 heavy (non-hydrogen) atoms.